The van der Waals surface area contributed by atoms with Crippen LogP contribution >= 0.6 is 0 Å². The number of rotatable bonds is 2. The topological polar surface area (TPSA) is 87.5 Å². The zero-order chi connectivity index (χ0) is 16.8. The van der Waals surface area contributed by atoms with Crippen LogP contribution in [0.2, 0.25) is 0 Å². The van der Waals surface area contributed by atoms with Crippen LogP contribution in [0.5, 0.6) is 5.88 Å². The normalized spacial score (nSPS) is 13.0. The van der Waals surface area contributed by atoms with E-state index in [9.17, 15) is 14.7 Å². The first-order valence-electron chi connectivity index (χ1n) is 7.40. The van der Waals surface area contributed by atoms with Gasteiger partial charge in [0.1, 0.15) is 5.56 Å². The number of aryl methyl sites for hydroxylation is 1. The van der Waals surface area contributed by atoms with Crippen LogP contribution in [0.15, 0.2) is 58.3 Å². The Balaban J connectivity index is 2.00. The number of amides is 1. The summed E-state index contributed by atoms with van der Waals surface area (Å²) in [5.74, 6) is -0.835. The monoisotopic (exact) mass is 319 g/mol. The summed E-state index contributed by atoms with van der Waals surface area (Å²) in [6, 6.07) is 14.2. The number of hydrogen-bond donors (Lipinski definition) is 2. The molecule has 0 saturated heterocycles. The zero-order valence-corrected chi connectivity index (χ0v) is 12.8. The van der Waals surface area contributed by atoms with Gasteiger partial charge in [-0.3, -0.25) is 14.7 Å². The first kappa shape index (κ1) is 14.2. The molecule has 0 unspecified atom stereocenters. The molecule has 0 fully saturated rings. The van der Waals surface area contributed by atoms with E-state index in [0.29, 0.717) is 16.3 Å². The number of hydrogen-bond acceptors (Lipinski definition) is 3. The highest BCUT2D eigenvalue weighted by Gasteiger charge is 2.27. The molecule has 0 atom stereocenters. The lowest BCUT2D eigenvalue weighted by Gasteiger charge is -2.05. The minimum absolute atomic E-state index is 0.0609. The number of carbonyl (C=O) groups is 1. The molecule has 24 heavy (non-hydrogen) atoms. The Bertz CT molecular complexity index is 1150. The van der Waals surface area contributed by atoms with E-state index in [-0.39, 0.29) is 17.0 Å². The number of carbonyl (C=O) groups excluding carboxylic acids is 1. The van der Waals surface area contributed by atoms with E-state index in [2.05, 4.69) is 10.1 Å². The number of fused-ring (bicyclic) bond motifs is 1. The summed E-state index contributed by atoms with van der Waals surface area (Å²) in [4.78, 5) is 28.6. The summed E-state index contributed by atoms with van der Waals surface area (Å²) in [6.07, 6.45) is 0. The molecule has 0 radical (unpaired) electrons. The highest BCUT2D eigenvalue weighted by atomic mass is 16.3. The standard InChI is InChI=1S/C18H13N3O3/c1-10-6-8-11(9-7-10)21-18(24)15(17(23)20-21)14-12-4-2-3-5-13(12)19-16(14)22/h2-9,24H,1H3,(H,20,23). The van der Waals surface area contributed by atoms with Crippen molar-refractivity contribution >= 4 is 11.5 Å². The Morgan fingerprint density at radius 1 is 1.04 bits per heavy atom. The summed E-state index contributed by atoms with van der Waals surface area (Å²) in [5, 5.41) is 14.2. The maximum Gasteiger partial charge on any atom is 0.279 e. The number of aromatic nitrogens is 2. The number of nitrogens with zero attached hydrogens (tertiary/aromatic N) is 2. The third-order valence-corrected chi connectivity index (χ3v) is 4.03. The third kappa shape index (κ3) is 2.00. The van der Waals surface area contributed by atoms with Crippen LogP contribution in [0.25, 0.3) is 11.3 Å². The van der Waals surface area contributed by atoms with Crippen molar-refractivity contribution < 1.29 is 9.90 Å². The molecule has 1 aromatic heterocycles. The van der Waals surface area contributed by atoms with Crippen LogP contribution in [0.4, 0.5) is 0 Å². The number of nitrogens with one attached hydrogen (secondary N) is 1. The van der Waals surface area contributed by atoms with Crippen LogP contribution in [0, 0.1) is 6.92 Å². The number of aromatic amines is 1. The molecule has 118 valence electrons. The van der Waals surface area contributed by atoms with Crippen LogP contribution in [-0.2, 0) is 4.79 Å². The molecule has 0 saturated carbocycles. The van der Waals surface area contributed by atoms with Gasteiger partial charge < -0.3 is 5.11 Å². The minimum atomic E-state index is -0.539. The smallest absolute Gasteiger partial charge is 0.279 e. The summed E-state index contributed by atoms with van der Waals surface area (Å²) in [5.41, 5.74) is 1.17. The molecule has 1 aliphatic rings. The summed E-state index contributed by atoms with van der Waals surface area (Å²) in [7, 11) is 0. The van der Waals surface area contributed by atoms with Gasteiger partial charge in [-0.25, -0.2) is 9.67 Å². The summed E-state index contributed by atoms with van der Waals surface area (Å²) in [6.45, 7) is 1.94. The van der Waals surface area contributed by atoms with E-state index in [1.165, 1.54) is 4.68 Å². The Kier molecular flexibility index (Phi) is 2.99. The van der Waals surface area contributed by atoms with Crippen molar-refractivity contribution in [1.82, 2.24) is 9.78 Å². The van der Waals surface area contributed by atoms with E-state index in [1.807, 2.05) is 19.1 Å². The fourth-order valence-electron chi connectivity index (χ4n) is 2.83. The Morgan fingerprint density at radius 2 is 1.75 bits per heavy atom. The fourth-order valence-corrected chi connectivity index (χ4v) is 2.83. The highest BCUT2D eigenvalue weighted by molar-refractivity contribution is 6.21. The number of para-hydroxylation sites is 1. The molecule has 2 aromatic carbocycles. The molecule has 0 aliphatic carbocycles. The highest BCUT2D eigenvalue weighted by Crippen LogP contribution is 2.24. The largest absolute Gasteiger partial charge is 0.493 e. The molecule has 3 aromatic rings. The van der Waals surface area contributed by atoms with Crippen LogP contribution in [0.3, 0.4) is 0 Å². The molecule has 1 aliphatic heterocycles. The van der Waals surface area contributed by atoms with E-state index in [1.54, 1.807) is 36.4 Å². The van der Waals surface area contributed by atoms with Gasteiger partial charge in [-0.15, -0.1) is 0 Å². The van der Waals surface area contributed by atoms with Crippen molar-refractivity contribution in [2.24, 2.45) is 4.99 Å². The second-order valence-corrected chi connectivity index (χ2v) is 5.62. The van der Waals surface area contributed by atoms with Gasteiger partial charge in [0.05, 0.1) is 16.6 Å². The molecule has 2 N–H and O–H groups in total. The van der Waals surface area contributed by atoms with Gasteiger partial charge in [-0.2, -0.15) is 0 Å². The number of H-pyrrole nitrogens is 1. The minimum Gasteiger partial charge on any atom is -0.493 e. The first-order chi connectivity index (χ1) is 11.6. The molecule has 0 spiro atoms. The van der Waals surface area contributed by atoms with Crippen molar-refractivity contribution in [3.63, 3.8) is 0 Å². The molecular weight excluding hydrogens is 306 g/mol. The third-order valence-electron chi connectivity index (χ3n) is 4.03. The SMILES string of the molecule is Cc1ccc(-n2[nH]c(=O)c(C3=c4ccccc4=NC3=O)c2O)cc1. The Morgan fingerprint density at radius 3 is 2.50 bits per heavy atom. The average molecular weight is 319 g/mol. The van der Waals surface area contributed by atoms with E-state index < -0.39 is 11.5 Å². The number of benzene rings is 2. The predicted octanol–water partition coefficient (Wildman–Crippen LogP) is 0.538. The van der Waals surface area contributed by atoms with Gasteiger partial charge >= 0.3 is 0 Å². The van der Waals surface area contributed by atoms with Crippen molar-refractivity contribution in [1.29, 1.82) is 0 Å². The van der Waals surface area contributed by atoms with Crippen LogP contribution in [-0.4, -0.2) is 20.8 Å². The van der Waals surface area contributed by atoms with E-state index in [0.717, 1.165) is 5.56 Å². The fraction of sp³-hybridized carbons (Fsp3) is 0.0556. The molecule has 0 bridgehead atoms. The van der Waals surface area contributed by atoms with Crippen molar-refractivity contribution in [2.45, 2.75) is 6.92 Å². The Labute approximate surface area is 136 Å². The first-order valence-corrected chi connectivity index (χ1v) is 7.40. The second-order valence-electron chi connectivity index (χ2n) is 5.62. The average Bonchev–Trinajstić information content (AvgIpc) is 3.04. The molecular formula is C18H13N3O3. The molecule has 2 heterocycles. The van der Waals surface area contributed by atoms with Gasteiger partial charge in [-0.1, -0.05) is 35.9 Å². The summed E-state index contributed by atoms with van der Waals surface area (Å²) >= 11 is 0. The van der Waals surface area contributed by atoms with Crippen molar-refractivity contribution in [3.05, 3.63) is 80.6 Å². The maximum atomic E-state index is 12.4. The van der Waals surface area contributed by atoms with Gasteiger partial charge in [0.2, 0.25) is 5.88 Å². The molecule has 1 amide bonds. The lowest BCUT2D eigenvalue weighted by molar-refractivity contribution is -0.112. The van der Waals surface area contributed by atoms with Crippen LogP contribution in [0.1, 0.15) is 11.1 Å². The molecule has 4 rings (SSSR count). The van der Waals surface area contributed by atoms with E-state index >= 15 is 0 Å². The lowest BCUT2D eigenvalue weighted by atomic mass is 10.1. The zero-order valence-electron chi connectivity index (χ0n) is 12.8. The van der Waals surface area contributed by atoms with Gasteiger partial charge in [0.25, 0.3) is 11.5 Å². The molecule has 6 nitrogen and oxygen atoms in total. The summed E-state index contributed by atoms with van der Waals surface area (Å²) < 4.78 is 1.26. The second kappa shape index (κ2) is 5.06. The quantitative estimate of drug-likeness (QED) is 0.722. The van der Waals surface area contributed by atoms with E-state index in [4.69, 9.17) is 0 Å². The molecule has 6 heteroatoms. The van der Waals surface area contributed by atoms with Crippen molar-refractivity contribution in [3.8, 4) is 11.6 Å². The van der Waals surface area contributed by atoms with Gasteiger partial charge in [0, 0.05) is 5.22 Å². The van der Waals surface area contributed by atoms with Gasteiger partial charge in [0.15, 0.2) is 0 Å². The number of aromatic hydroxyl groups is 1. The maximum absolute atomic E-state index is 12.4. The van der Waals surface area contributed by atoms with Crippen LogP contribution < -0.4 is 16.1 Å². The van der Waals surface area contributed by atoms with Crippen molar-refractivity contribution in [2.75, 3.05) is 0 Å². The lowest BCUT2D eigenvalue weighted by Crippen LogP contribution is -2.24. The van der Waals surface area contributed by atoms with Gasteiger partial charge in [-0.05, 0) is 25.1 Å². The Hall–Kier alpha value is -3.41. The predicted molar refractivity (Wildman–Crippen MR) is 87.5 cm³/mol.